The van der Waals surface area contributed by atoms with E-state index in [0.717, 1.165) is 5.56 Å². The zero-order valence-electron chi connectivity index (χ0n) is 20.5. The van der Waals surface area contributed by atoms with Crippen LogP contribution in [0, 0.1) is 6.92 Å². The monoisotopic (exact) mass is 510 g/mol. The van der Waals surface area contributed by atoms with Gasteiger partial charge in [0.15, 0.2) is 0 Å². The molecule has 0 saturated heterocycles. The molecule has 2 aromatic carbocycles. The van der Waals surface area contributed by atoms with Gasteiger partial charge in [-0.25, -0.2) is 4.98 Å². The van der Waals surface area contributed by atoms with Crippen LogP contribution >= 0.6 is 11.8 Å². The smallest absolute Gasteiger partial charge is 0.305 e. The molecule has 3 aromatic rings. The van der Waals surface area contributed by atoms with E-state index in [1.807, 2.05) is 42.7 Å². The number of rotatable bonds is 11. The van der Waals surface area contributed by atoms with Gasteiger partial charge in [0.05, 0.1) is 23.5 Å². The summed E-state index contributed by atoms with van der Waals surface area (Å²) in [4.78, 5) is 54.9. The Morgan fingerprint density at radius 2 is 1.75 bits per heavy atom. The molecule has 190 valence electrons. The molecule has 1 unspecified atom stereocenters. The molecule has 10 heteroatoms. The first kappa shape index (κ1) is 26.9. The molecule has 1 heterocycles. The van der Waals surface area contributed by atoms with Crippen LogP contribution in [0.1, 0.15) is 24.1 Å². The third-order valence-electron chi connectivity index (χ3n) is 5.68. The highest BCUT2D eigenvalue weighted by atomic mass is 32.2. The van der Waals surface area contributed by atoms with E-state index < -0.39 is 11.9 Å². The molecular formula is C26H30N4O5S. The van der Waals surface area contributed by atoms with Crippen LogP contribution in [0.5, 0.6) is 0 Å². The van der Waals surface area contributed by atoms with Gasteiger partial charge in [0.2, 0.25) is 11.8 Å². The van der Waals surface area contributed by atoms with E-state index >= 15 is 0 Å². The molecule has 0 spiro atoms. The van der Waals surface area contributed by atoms with Gasteiger partial charge in [-0.3, -0.25) is 23.7 Å². The van der Waals surface area contributed by atoms with Crippen molar-refractivity contribution in [2.45, 2.75) is 44.1 Å². The van der Waals surface area contributed by atoms with Crippen molar-refractivity contribution in [1.29, 1.82) is 0 Å². The average molecular weight is 511 g/mol. The number of ether oxygens (including phenoxy) is 1. The lowest BCUT2D eigenvalue weighted by molar-refractivity contribution is -0.140. The summed E-state index contributed by atoms with van der Waals surface area (Å²) in [7, 11) is 1.32. The number of carbonyl (C=O) groups excluding carboxylic acids is 3. The number of nitrogens with one attached hydrogen (secondary N) is 2. The molecule has 2 N–H and O–H groups in total. The lowest BCUT2D eigenvalue weighted by atomic mass is 10.0. The first-order valence-electron chi connectivity index (χ1n) is 11.5. The van der Waals surface area contributed by atoms with Gasteiger partial charge >= 0.3 is 5.97 Å². The van der Waals surface area contributed by atoms with Crippen LogP contribution < -0.4 is 16.2 Å². The van der Waals surface area contributed by atoms with E-state index in [0.29, 0.717) is 17.5 Å². The van der Waals surface area contributed by atoms with E-state index in [-0.39, 0.29) is 47.9 Å². The highest BCUT2D eigenvalue weighted by molar-refractivity contribution is 7.99. The Balaban J connectivity index is 1.79. The van der Waals surface area contributed by atoms with Crippen LogP contribution in [0.25, 0.3) is 11.0 Å². The molecule has 0 saturated carbocycles. The van der Waals surface area contributed by atoms with Crippen LogP contribution in [0.4, 0.5) is 0 Å². The number of hydrogen-bond acceptors (Lipinski definition) is 7. The molecule has 0 aliphatic carbocycles. The number of benzene rings is 2. The van der Waals surface area contributed by atoms with Crippen molar-refractivity contribution in [2.75, 3.05) is 13.4 Å². The molecule has 0 radical (unpaired) electrons. The summed E-state index contributed by atoms with van der Waals surface area (Å²) in [6.07, 6.45) is 2.65. The van der Waals surface area contributed by atoms with E-state index in [4.69, 9.17) is 0 Å². The number of para-hydroxylation sites is 2. The maximum atomic E-state index is 13.2. The van der Waals surface area contributed by atoms with Gasteiger partial charge in [-0.05, 0) is 37.3 Å². The van der Waals surface area contributed by atoms with Crippen LogP contribution in [0.2, 0.25) is 0 Å². The number of hydrogen-bond donors (Lipinski definition) is 2. The summed E-state index contributed by atoms with van der Waals surface area (Å²) in [5.74, 6) is -1.21. The summed E-state index contributed by atoms with van der Waals surface area (Å²) in [5, 5.41) is 5.38. The molecule has 0 aliphatic heterocycles. The van der Waals surface area contributed by atoms with Crippen molar-refractivity contribution in [3.05, 3.63) is 76.2 Å². The predicted molar refractivity (Wildman–Crippen MR) is 140 cm³/mol. The third-order valence-corrected chi connectivity index (χ3v) is 6.60. The normalized spacial score (nSPS) is 12.5. The molecule has 9 nitrogen and oxygen atoms in total. The average Bonchev–Trinajstić information content (AvgIpc) is 2.89. The van der Waals surface area contributed by atoms with Gasteiger partial charge in [0.25, 0.3) is 5.56 Å². The number of fused-ring (bicyclic) bond motifs is 1. The first-order chi connectivity index (χ1) is 17.3. The van der Waals surface area contributed by atoms with Crippen LogP contribution in [-0.2, 0) is 32.1 Å². The fourth-order valence-electron chi connectivity index (χ4n) is 3.78. The number of carbonyl (C=O) groups is 3. The molecular weight excluding hydrogens is 480 g/mol. The third kappa shape index (κ3) is 7.17. The SMILES string of the molecule is COC(=O)CCC(NC(=O)[C@H](Cc1ccccc1)NC(=O)Cn1c(=O)c(C)nc2ccccc21)SC. The summed E-state index contributed by atoms with van der Waals surface area (Å²) in [5.41, 5.74) is 1.94. The predicted octanol–water partition coefficient (Wildman–Crippen LogP) is 2.19. The minimum absolute atomic E-state index is 0.162. The summed E-state index contributed by atoms with van der Waals surface area (Å²) < 4.78 is 6.05. The maximum Gasteiger partial charge on any atom is 0.305 e. The maximum absolute atomic E-state index is 13.2. The Labute approximate surface area is 213 Å². The second-order valence-electron chi connectivity index (χ2n) is 8.23. The van der Waals surface area contributed by atoms with E-state index in [1.165, 1.54) is 23.4 Å². The number of thioether (sulfide) groups is 1. The molecule has 2 amide bonds. The fraction of sp³-hybridized carbons (Fsp3) is 0.346. The lowest BCUT2D eigenvalue weighted by Gasteiger charge is -2.23. The van der Waals surface area contributed by atoms with Gasteiger partial charge in [-0.2, -0.15) is 0 Å². The standard InChI is InChI=1S/C26H30N4O5S/c1-17-26(34)30(21-12-8-7-11-19(21)27-17)16-22(31)28-20(15-18-9-5-4-6-10-18)25(33)29-23(36-3)13-14-24(32)35-2/h4-12,20,23H,13-16H2,1-3H3,(H,28,31)(H,29,33)/t20-,23?/m0/s1. The first-order valence-corrected chi connectivity index (χ1v) is 12.8. The van der Waals surface area contributed by atoms with Crippen molar-refractivity contribution in [3.63, 3.8) is 0 Å². The van der Waals surface area contributed by atoms with Gasteiger partial charge in [0.1, 0.15) is 18.3 Å². The van der Waals surface area contributed by atoms with Crippen molar-refractivity contribution in [3.8, 4) is 0 Å². The van der Waals surface area contributed by atoms with Crippen molar-refractivity contribution in [2.24, 2.45) is 0 Å². The minimum Gasteiger partial charge on any atom is -0.469 e. The summed E-state index contributed by atoms with van der Waals surface area (Å²) in [6.45, 7) is 1.35. The lowest BCUT2D eigenvalue weighted by Crippen LogP contribution is -2.51. The van der Waals surface area contributed by atoms with Gasteiger partial charge in [0, 0.05) is 12.8 Å². The number of esters is 1. The van der Waals surface area contributed by atoms with Gasteiger partial charge in [-0.1, -0.05) is 42.5 Å². The molecule has 36 heavy (non-hydrogen) atoms. The highest BCUT2D eigenvalue weighted by Crippen LogP contribution is 2.13. The summed E-state index contributed by atoms with van der Waals surface area (Å²) >= 11 is 1.40. The molecule has 0 bridgehead atoms. The number of aryl methyl sites for hydroxylation is 1. The molecule has 0 aliphatic rings. The second kappa shape index (κ2) is 12.9. The zero-order chi connectivity index (χ0) is 26.1. The molecule has 1 aromatic heterocycles. The number of nitrogens with zero attached hydrogens (tertiary/aromatic N) is 2. The minimum atomic E-state index is -0.877. The topological polar surface area (TPSA) is 119 Å². The molecule has 0 fully saturated rings. The van der Waals surface area contributed by atoms with Gasteiger partial charge in [-0.15, -0.1) is 11.8 Å². The van der Waals surface area contributed by atoms with Gasteiger partial charge < -0.3 is 15.4 Å². The van der Waals surface area contributed by atoms with Crippen molar-refractivity contribution >= 4 is 40.6 Å². The quantitative estimate of drug-likeness (QED) is 0.300. The summed E-state index contributed by atoms with van der Waals surface area (Å²) in [6, 6.07) is 15.6. The number of amides is 2. The van der Waals surface area contributed by atoms with Crippen LogP contribution in [-0.4, -0.2) is 52.1 Å². The van der Waals surface area contributed by atoms with Crippen LogP contribution in [0.15, 0.2) is 59.4 Å². The van der Waals surface area contributed by atoms with E-state index in [1.54, 1.807) is 25.1 Å². The Morgan fingerprint density at radius 3 is 2.44 bits per heavy atom. The van der Waals surface area contributed by atoms with Crippen molar-refractivity contribution in [1.82, 2.24) is 20.2 Å². The Morgan fingerprint density at radius 1 is 1.06 bits per heavy atom. The fourth-order valence-corrected chi connectivity index (χ4v) is 4.37. The number of aromatic nitrogens is 2. The zero-order valence-corrected chi connectivity index (χ0v) is 21.3. The van der Waals surface area contributed by atoms with E-state index in [9.17, 15) is 19.2 Å². The second-order valence-corrected chi connectivity index (χ2v) is 9.28. The number of methoxy groups -OCH3 is 1. The van der Waals surface area contributed by atoms with E-state index in [2.05, 4.69) is 20.4 Å². The van der Waals surface area contributed by atoms with Crippen molar-refractivity contribution < 1.29 is 19.1 Å². The Kier molecular flexibility index (Phi) is 9.63. The van der Waals surface area contributed by atoms with Crippen LogP contribution in [0.3, 0.4) is 0 Å². The Hall–Kier alpha value is -3.66. The Bertz CT molecular complexity index is 1280. The molecule has 2 atom stereocenters. The highest BCUT2D eigenvalue weighted by Gasteiger charge is 2.24. The largest absolute Gasteiger partial charge is 0.469 e. The molecule has 3 rings (SSSR count).